The van der Waals surface area contributed by atoms with E-state index in [-0.39, 0.29) is 12.4 Å². The van der Waals surface area contributed by atoms with Crippen molar-refractivity contribution in [1.82, 2.24) is 10.1 Å². The smallest absolute Gasteiger partial charge is 0.232 e. The first kappa shape index (κ1) is 10.5. The van der Waals surface area contributed by atoms with Crippen LogP contribution >= 0.6 is 11.6 Å². The molecule has 80 valence electrons. The molecule has 0 atom stereocenters. The summed E-state index contributed by atoms with van der Waals surface area (Å²) >= 11 is 5.75. The zero-order chi connectivity index (χ0) is 11.4. The minimum atomic E-state index is 0.0527. The van der Waals surface area contributed by atoms with Crippen molar-refractivity contribution in [2.45, 2.75) is 6.54 Å². The average Bonchev–Trinajstić information content (AvgIpc) is 2.76. The molecule has 1 heterocycles. The van der Waals surface area contributed by atoms with Gasteiger partial charge in [-0.05, 0) is 29.8 Å². The molecule has 0 N–H and O–H groups in total. The van der Waals surface area contributed by atoms with E-state index in [0.717, 1.165) is 5.56 Å². The maximum Gasteiger partial charge on any atom is 0.232 e. The molecule has 0 aliphatic rings. The number of nitrogens with zero attached hydrogens (tertiary/aromatic N) is 5. The molecule has 2 rings (SSSR count). The number of rotatable bonds is 3. The van der Waals surface area contributed by atoms with Crippen LogP contribution in [-0.4, -0.2) is 10.1 Å². The fraction of sp³-hybridized carbons (Fsp3) is 0.111. The van der Waals surface area contributed by atoms with Crippen LogP contribution in [0.2, 0.25) is 5.02 Å². The Morgan fingerprint density at radius 2 is 2.12 bits per heavy atom. The van der Waals surface area contributed by atoms with Gasteiger partial charge in [-0.3, -0.25) is 0 Å². The van der Waals surface area contributed by atoms with Gasteiger partial charge in [-0.15, -0.1) is 0 Å². The Morgan fingerprint density at radius 3 is 2.81 bits per heavy atom. The third-order valence-electron chi connectivity index (χ3n) is 1.84. The standard InChI is InChI=1S/C9H6ClN5O/c10-7-3-1-6(2-4-7)9-13-8(16-14-9)5-12-15-11/h1-4H,5H2. The molecule has 7 heteroatoms. The van der Waals surface area contributed by atoms with Crippen molar-refractivity contribution in [2.24, 2.45) is 5.11 Å². The molecule has 1 aromatic carbocycles. The monoisotopic (exact) mass is 235 g/mol. The summed E-state index contributed by atoms with van der Waals surface area (Å²) in [7, 11) is 0. The van der Waals surface area contributed by atoms with Crippen LogP contribution in [0.15, 0.2) is 33.9 Å². The van der Waals surface area contributed by atoms with Crippen molar-refractivity contribution in [3.8, 4) is 11.4 Å². The molecule has 0 aliphatic heterocycles. The zero-order valence-electron chi connectivity index (χ0n) is 8.04. The Morgan fingerprint density at radius 1 is 1.38 bits per heavy atom. The first-order valence-corrected chi connectivity index (χ1v) is 4.77. The Hall–Kier alpha value is -2.04. The molecule has 0 spiro atoms. The van der Waals surface area contributed by atoms with E-state index in [1.165, 1.54) is 0 Å². The Balaban J connectivity index is 2.24. The van der Waals surface area contributed by atoms with Gasteiger partial charge in [0, 0.05) is 15.5 Å². The first-order valence-electron chi connectivity index (χ1n) is 4.39. The van der Waals surface area contributed by atoms with Crippen molar-refractivity contribution in [3.05, 3.63) is 45.6 Å². The fourth-order valence-corrected chi connectivity index (χ4v) is 1.25. The van der Waals surface area contributed by atoms with Gasteiger partial charge in [0.05, 0.1) is 0 Å². The molecule has 0 fully saturated rings. The summed E-state index contributed by atoms with van der Waals surface area (Å²) in [5, 5.41) is 7.72. The lowest BCUT2D eigenvalue weighted by molar-refractivity contribution is 0.380. The van der Waals surface area contributed by atoms with Crippen LogP contribution in [0.25, 0.3) is 21.8 Å². The van der Waals surface area contributed by atoms with Crippen molar-refractivity contribution in [2.75, 3.05) is 0 Å². The normalized spacial score (nSPS) is 9.81. The topological polar surface area (TPSA) is 87.7 Å². The van der Waals surface area contributed by atoms with Crippen LogP contribution in [0.4, 0.5) is 0 Å². The van der Waals surface area contributed by atoms with Crippen LogP contribution in [0, 0.1) is 0 Å². The summed E-state index contributed by atoms with van der Waals surface area (Å²) in [4.78, 5) is 6.67. The van der Waals surface area contributed by atoms with E-state index in [4.69, 9.17) is 21.7 Å². The third kappa shape index (κ3) is 2.31. The van der Waals surface area contributed by atoms with Gasteiger partial charge in [0.1, 0.15) is 6.54 Å². The molecule has 0 saturated carbocycles. The Kier molecular flexibility index (Phi) is 3.05. The lowest BCUT2D eigenvalue weighted by atomic mass is 10.2. The lowest BCUT2D eigenvalue weighted by Gasteiger charge is -1.92. The van der Waals surface area contributed by atoms with Gasteiger partial charge in [-0.2, -0.15) is 4.98 Å². The van der Waals surface area contributed by atoms with Crippen molar-refractivity contribution in [3.63, 3.8) is 0 Å². The predicted octanol–water partition coefficient (Wildman–Crippen LogP) is 3.20. The molecule has 16 heavy (non-hydrogen) atoms. The Bertz CT molecular complexity index is 529. The summed E-state index contributed by atoms with van der Waals surface area (Å²) < 4.78 is 4.89. The highest BCUT2D eigenvalue weighted by molar-refractivity contribution is 6.30. The van der Waals surface area contributed by atoms with E-state index in [1.807, 2.05) is 0 Å². The molecule has 0 unspecified atom stereocenters. The highest BCUT2D eigenvalue weighted by atomic mass is 35.5. The minimum Gasteiger partial charge on any atom is -0.339 e. The highest BCUT2D eigenvalue weighted by Gasteiger charge is 2.07. The van der Waals surface area contributed by atoms with Crippen LogP contribution in [0.3, 0.4) is 0 Å². The maximum absolute atomic E-state index is 8.14. The zero-order valence-corrected chi connectivity index (χ0v) is 8.79. The van der Waals surface area contributed by atoms with E-state index in [1.54, 1.807) is 24.3 Å². The van der Waals surface area contributed by atoms with Crippen LogP contribution in [0.1, 0.15) is 5.89 Å². The second kappa shape index (κ2) is 4.65. The van der Waals surface area contributed by atoms with E-state index in [0.29, 0.717) is 10.8 Å². The number of aromatic nitrogens is 2. The summed E-state index contributed by atoms with van der Waals surface area (Å²) in [6, 6.07) is 7.04. The molecule has 0 aliphatic carbocycles. The van der Waals surface area contributed by atoms with Crippen molar-refractivity contribution >= 4 is 11.6 Å². The molecule has 0 radical (unpaired) electrons. The molecular weight excluding hydrogens is 230 g/mol. The van der Waals surface area contributed by atoms with E-state index in [2.05, 4.69) is 20.2 Å². The van der Waals surface area contributed by atoms with Crippen LogP contribution in [0.5, 0.6) is 0 Å². The molecular formula is C9H6ClN5O. The largest absolute Gasteiger partial charge is 0.339 e. The highest BCUT2D eigenvalue weighted by Crippen LogP contribution is 2.18. The van der Waals surface area contributed by atoms with Gasteiger partial charge in [-0.25, -0.2) is 0 Å². The molecule has 2 aromatic rings. The second-order valence-corrected chi connectivity index (χ2v) is 3.34. The quantitative estimate of drug-likeness (QED) is 0.465. The predicted molar refractivity (Wildman–Crippen MR) is 57.6 cm³/mol. The van der Waals surface area contributed by atoms with Gasteiger partial charge in [-0.1, -0.05) is 21.9 Å². The third-order valence-corrected chi connectivity index (χ3v) is 2.09. The lowest BCUT2D eigenvalue weighted by Crippen LogP contribution is -1.82. The number of benzene rings is 1. The van der Waals surface area contributed by atoms with Gasteiger partial charge in [0.25, 0.3) is 0 Å². The number of hydrogen-bond acceptors (Lipinski definition) is 4. The van der Waals surface area contributed by atoms with Crippen LogP contribution in [-0.2, 0) is 6.54 Å². The Labute approximate surface area is 95.5 Å². The summed E-state index contributed by atoms with van der Waals surface area (Å²) in [5.41, 5.74) is 8.93. The van der Waals surface area contributed by atoms with Gasteiger partial charge in [0.15, 0.2) is 0 Å². The van der Waals surface area contributed by atoms with E-state index >= 15 is 0 Å². The number of halogens is 1. The SMILES string of the molecule is [N-]=[N+]=NCc1nc(-c2ccc(Cl)cc2)no1. The van der Waals surface area contributed by atoms with Gasteiger partial charge >= 0.3 is 0 Å². The van der Waals surface area contributed by atoms with E-state index in [9.17, 15) is 0 Å². The molecule has 0 amide bonds. The van der Waals surface area contributed by atoms with E-state index < -0.39 is 0 Å². The van der Waals surface area contributed by atoms with Crippen molar-refractivity contribution < 1.29 is 4.52 Å². The summed E-state index contributed by atoms with van der Waals surface area (Å²) in [6.07, 6.45) is 0. The molecule has 6 nitrogen and oxygen atoms in total. The summed E-state index contributed by atoms with van der Waals surface area (Å²) in [5.74, 6) is 0.725. The number of azide groups is 1. The van der Waals surface area contributed by atoms with Crippen LogP contribution < -0.4 is 0 Å². The molecule has 1 aromatic heterocycles. The first-order chi connectivity index (χ1) is 7.79. The minimum absolute atomic E-state index is 0.0527. The van der Waals surface area contributed by atoms with Crippen molar-refractivity contribution in [1.29, 1.82) is 0 Å². The average molecular weight is 236 g/mol. The maximum atomic E-state index is 8.14. The van der Waals surface area contributed by atoms with Gasteiger partial charge < -0.3 is 4.52 Å². The van der Waals surface area contributed by atoms with Gasteiger partial charge in [0.2, 0.25) is 11.7 Å². The molecule has 0 saturated heterocycles. The fourth-order valence-electron chi connectivity index (χ4n) is 1.13. The number of hydrogen-bond donors (Lipinski definition) is 0. The molecule has 0 bridgehead atoms. The second-order valence-electron chi connectivity index (χ2n) is 2.91. The summed E-state index contributed by atoms with van der Waals surface area (Å²) in [6.45, 7) is 0.0527.